The highest BCUT2D eigenvalue weighted by Gasteiger charge is 2.48. The van der Waals surface area contributed by atoms with E-state index in [0.717, 1.165) is 19.3 Å². The van der Waals surface area contributed by atoms with Crippen molar-refractivity contribution in [1.82, 2.24) is 0 Å². The standard InChI is InChI=1S/C16H13BBrF2N3OS/c1-22(2)12-6-3-10(4-7-12)15-21-16-23(17(19,20)24-15)13-8-5-11(18)9-14(13)25-16/h3-9H,1-2H3. The third-order valence-corrected chi connectivity index (χ3v) is 5.48. The number of thiazole rings is 1. The van der Waals surface area contributed by atoms with Crippen molar-refractivity contribution in [3.8, 4) is 0 Å². The molecule has 0 bridgehead atoms. The summed E-state index contributed by atoms with van der Waals surface area (Å²) in [4.78, 5) is 6.27. The Balaban J connectivity index is 1.84. The molecule has 4 nitrogen and oxygen atoms in total. The Morgan fingerprint density at radius 2 is 1.88 bits per heavy atom. The normalized spacial score (nSPS) is 15.5. The lowest BCUT2D eigenvalue weighted by Gasteiger charge is -2.25. The summed E-state index contributed by atoms with van der Waals surface area (Å²) in [5.41, 5.74) is 1.91. The van der Waals surface area contributed by atoms with Crippen LogP contribution >= 0.6 is 27.3 Å². The number of hydrogen-bond acceptors (Lipinski definition) is 4. The molecule has 0 fully saturated rings. The Kier molecular flexibility index (Phi) is 3.80. The minimum absolute atomic E-state index is 0.0547. The summed E-state index contributed by atoms with van der Waals surface area (Å²) < 4.78 is 36.9. The third kappa shape index (κ3) is 2.81. The largest absolute Gasteiger partial charge is 0.737 e. The summed E-state index contributed by atoms with van der Waals surface area (Å²) in [5.74, 6) is -0.0547. The fraction of sp³-hybridized carbons (Fsp3) is 0.125. The van der Waals surface area contributed by atoms with Gasteiger partial charge < -0.3 is 22.7 Å². The highest BCUT2D eigenvalue weighted by molar-refractivity contribution is 9.10. The van der Waals surface area contributed by atoms with Crippen molar-refractivity contribution in [1.29, 1.82) is 0 Å². The Morgan fingerprint density at radius 3 is 2.56 bits per heavy atom. The molecule has 9 heteroatoms. The Bertz CT molecular complexity index is 1000. The number of aliphatic imine (C=N–C) groups is 1. The van der Waals surface area contributed by atoms with Crippen molar-refractivity contribution in [2.24, 2.45) is 4.99 Å². The van der Waals surface area contributed by atoms with E-state index >= 15 is 0 Å². The van der Waals surface area contributed by atoms with Crippen LogP contribution in [0.4, 0.5) is 19.5 Å². The lowest BCUT2D eigenvalue weighted by atomic mass is 10.0. The molecule has 0 aliphatic carbocycles. The number of anilines is 1. The molecule has 0 saturated carbocycles. The van der Waals surface area contributed by atoms with Crippen molar-refractivity contribution in [2.45, 2.75) is 0 Å². The molecule has 2 aromatic carbocycles. The molecule has 0 amide bonds. The van der Waals surface area contributed by atoms with Gasteiger partial charge in [-0.2, -0.15) is 0 Å². The van der Waals surface area contributed by atoms with E-state index in [4.69, 9.17) is 4.65 Å². The van der Waals surface area contributed by atoms with Crippen LogP contribution in [0.25, 0.3) is 10.2 Å². The van der Waals surface area contributed by atoms with Gasteiger partial charge in [0.05, 0.1) is 10.3 Å². The summed E-state index contributed by atoms with van der Waals surface area (Å²) in [6, 6.07) is 12.3. The van der Waals surface area contributed by atoms with Crippen LogP contribution in [-0.2, 0) is 4.65 Å². The zero-order valence-electron chi connectivity index (χ0n) is 13.4. The quantitative estimate of drug-likeness (QED) is 0.573. The molecule has 128 valence electrons. The first-order chi connectivity index (χ1) is 11.8. The van der Waals surface area contributed by atoms with Gasteiger partial charge in [-0.1, -0.05) is 15.9 Å². The molecular formula is C16H13BBrF2N3OS. The van der Waals surface area contributed by atoms with Crippen LogP contribution in [0.2, 0.25) is 0 Å². The summed E-state index contributed by atoms with van der Waals surface area (Å²) in [6.07, 6.45) is 0. The van der Waals surface area contributed by atoms with Crippen LogP contribution < -0.4 is 9.38 Å². The zero-order chi connectivity index (χ0) is 17.8. The average molecular weight is 424 g/mol. The summed E-state index contributed by atoms with van der Waals surface area (Å²) >= 11 is 4.58. The fourth-order valence-corrected chi connectivity index (χ4v) is 4.34. The maximum Gasteiger partial charge on any atom is 0.737 e. The molecule has 0 atom stereocenters. The summed E-state index contributed by atoms with van der Waals surface area (Å²) in [6.45, 7) is 0. The molecule has 0 spiro atoms. The topological polar surface area (TPSA) is 28.7 Å². The fourth-order valence-electron chi connectivity index (χ4n) is 2.72. The van der Waals surface area contributed by atoms with Crippen LogP contribution in [0, 0.1) is 0 Å². The molecule has 1 aliphatic heterocycles. The highest BCUT2D eigenvalue weighted by Crippen LogP contribution is 2.34. The number of hydrogen-bond donors (Lipinski definition) is 0. The molecule has 0 unspecified atom stereocenters. The molecule has 4 rings (SSSR count). The molecule has 0 N–H and O–H groups in total. The van der Waals surface area contributed by atoms with E-state index in [9.17, 15) is 8.63 Å². The molecule has 1 aromatic heterocycles. The van der Waals surface area contributed by atoms with Gasteiger partial charge in [-0.3, -0.25) is 0 Å². The second kappa shape index (κ2) is 5.77. The van der Waals surface area contributed by atoms with Gasteiger partial charge in [0.15, 0.2) is 0 Å². The lowest BCUT2D eigenvalue weighted by molar-refractivity contribution is -0.536. The number of benzene rings is 2. The number of halogens is 3. The third-order valence-electron chi connectivity index (χ3n) is 3.97. The average Bonchev–Trinajstić information content (AvgIpc) is 2.92. The van der Waals surface area contributed by atoms with Crippen molar-refractivity contribution in [2.75, 3.05) is 19.0 Å². The van der Waals surface area contributed by atoms with Gasteiger partial charge in [0, 0.05) is 29.2 Å². The first-order valence-electron chi connectivity index (χ1n) is 7.55. The van der Waals surface area contributed by atoms with E-state index in [1.54, 1.807) is 30.3 Å². The second-order valence-electron chi connectivity index (χ2n) is 5.90. The second-order valence-corrected chi connectivity index (χ2v) is 7.83. The van der Waals surface area contributed by atoms with E-state index in [1.165, 1.54) is 11.3 Å². The van der Waals surface area contributed by atoms with Gasteiger partial charge in [0.2, 0.25) is 0 Å². The van der Waals surface area contributed by atoms with Crippen molar-refractivity contribution in [3.05, 3.63) is 52.5 Å². The van der Waals surface area contributed by atoms with Gasteiger partial charge >= 0.3 is 12.2 Å². The Morgan fingerprint density at radius 1 is 1.16 bits per heavy atom. The molecule has 1 aliphatic rings. The first kappa shape index (κ1) is 16.5. The minimum Gasteiger partial charge on any atom is -0.590 e. The van der Waals surface area contributed by atoms with Crippen molar-refractivity contribution < 1.29 is 17.8 Å². The van der Waals surface area contributed by atoms with Gasteiger partial charge in [-0.15, -0.1) is 0 Å². The summed E-state index contributed by atoms with van der Waals surface area (Å²) in [7, 11) is -0.412. The predicted octanol–water partition coefficient (Wildman–Crippen LogP) is 4.35. The number of rotatable bonds is 2. The molecule has 3 aromatic rings. The maximum atomic E-state index is 14.7. The number of aromatic nitrogens is 1. The predicted molar refractivity (Wildman–Crippen MR) is 101 cm³/mol. The molecular weight excluding hydrogens is 411 g/mol. The van der Waals surface area contributed by atoms with Crippen LogP contribution in [0.3, 0.4) is 0 Å². The van der Waals surface area contributed by atoms with Crippen LogP contribution in [0.1, 0.15) is 5.56 Å². The molecule has 25 heavy (non-hydrogen) atoms. The van der Waals surface area contributed by atoms with Crippen molar-refractivity contribution in [3.63, 3.8) is 0 Å². The van der Waals surface area contributed by atoms with Crippen molar-refractivity contribution >= 4 is 61.2 Å². The Labute approximate surface area is 155 Å². The molecule has 2 heterocycles. The van der Waals surface area contributed by atoms with E-state index in [1.807, 2.05) is 31.1 Å². The minimum atomic E-state index is -4.24. The first-order valence-corrected chi connectivity index (χ1v) is 9.16. The molecule has 0 saturated heterocycles. The summed E-state index contributed by atoms with van der Waals surface area (Å²) in [5, 5.41) is 0.232. The van der Waals surface area contributed by atoms with E-state index in [2.05, 4.69) is 20.9 Å². The number of fused-ring (bicyclic) bond motifs is 3. The van der Waals surface area contributed by atoms with Gasteiger partial charge in [-0.25, -0.2) is 0 Å². The van der Waals surface area contributed by atoms with E-state index in [0.29, 0.717) is 11.1 Å². The molecule has 0 radical (unpaired) electrons. The van der Waals surface area contributed by atoms with Crippen LogP contribution in [0.15, 0.2) is 51.9 Å². The maximum absolute atomic E-state index is 14.7. The SMILES string of the molecule is CN(C)c1ccc(C2=Nc3sc4cc(Br)ccc4[n+]3[B-](F)(F)O2)cc1. The van der Waals surface area contributed by atoms with Gasteiger partial charge in [-0.05, 0) is 53.8 Å². The smallest absolute Gasteiger partial charge is 0.590 e. The zero-order valence-corrected chi connectivity index (χ0v) is 15.8. The Hall–Kier alpha value is -2.00. The highest BCUT2D eigenvalue weighted by atomic mass is 79.9. The van der Waals surface area contributed by atoms with E-state index < -0.39 is 7.04 Å². The van der Waals surface area contributed by atoms with Gasteiger partial charge in [0.25, 0.3) is 5.90 Å². The van der Waals surface area contributed by atoms with Crippen LogP contribution in [0.5, 0.6) is 0 Å². The lowest BCUT2D eigenvalue weighted by Crippen LogP contribution is -2.62. The van der Waals surface area contributed by atoms with Crippen LogP contribution in [-0.4, -0.2) is 27.0 Å². The monoisotopic (exact) mass is 423 g/mol. The number of nitrogens with zero attached hydrogens (tertiary/aromatic N) is 3. The van der Waals surface area contributed by atoms with E-state index in [-0.39, 0.29) is 11.0 Å². The van der Waals surface area contributed by atoms with Gasteiger partial charge in [0.1, 0.15) is 5.52 Å².